The number of carbonyl (C=O) groups is 2. The van der Waals surface area contributed by atoms with Crippen LogP contribution in [0.3, 0.4) is 0 Å². The molecule has 2 N–H and O–H groups in total. The van der Waals surface area contributed by atoms with Gasteiger partial charge in [0.2, 0.25) is 0 Å². The van der Waals surface area contributed by atoms with Crippen LogP contribution in [-0.2, 0) is 0 Å². The number of rotatable bonds is 14. The Morgan fingerprint density at radius 1 is 0.976 bits per heavy atom. The van der Waals surface area contributed by atoms with Crippen molar-refractivity contribution in [2.75, 3.05) is 5.75 Å². The van der Waals surface area contributed by atoms with Gasteiger partial charge in [-0.1, -0.05) is 74.4 Å². The fraction of sp³-hybridized carbons (Fsp3) is 0.273. The molecule has 0 unspecified atom stereocenters. The SMILES string of the molecule is CCCSc1ccccc1C(=O)CCCCC[C@H](NC(=O)c1cncs1)c1ncc(-c2ccc3ccccc3c2)[nH]1. The number of Topliss-reactive ketones (excluding diaryl/α,β-unsaturated/α-hetero) is 1. The first-order chi connectivity index (χ1) is 20.1. The Morgan fingerprint density at radius 3 is 2.63 bits per heavy atom. The Bertz CT molecular complexity index is 1600. The molecule has 0 aliphatic rings. The fourth-order valence-corrected chi connectivity index (χ4v) is 6.29. The number of thiazole rings is 1. The highest BCUT2D eigenvalue weighted by molar-refractivity contribution is 7.99. The summed E-state index contributed by atoms with van der Waals surface area (Å²) in [5, 5.41) is 5.50. The highest BCUT2D eigenvalue weighted by Crippen LogP contribution is 2.27. The second-order valence-electron chi connectivity index (χ2n) is 10.0. The minimum absolute atomic E-state index is 0.155. The molecule has 0 saturated heterocycles. The minimum atomic E-state index is -0.277. The van der Waals surface area contributed by atoms with E-state index < -0.39 is 0 Å². The third kappa shape index (κ3) is 7.51. The maximum atomic E-state index is 13.0. The molecule has 210 valence electrons. The van der Waals surface area contributed by atoms with Gasteiger partial charge in [0.25, 0.3) is 5.91 Å². The largest absolute Gasteiger partial charge is 0.341 e. The van der Waals surface area contributed by atoms with Gasteiger partial charge in [-0.05, 0) is 47.9 Å². The number of imidazole rings is 1. The van der Waals surface area contributed by atoms with Crippen LogP contribution in [0.4, 0.5) is 0 Å². The van der Waals surface area contributed by atoms with Crippen molar-refractivity contribution >= 4 is 45.6 Å². The molecule has 0 spiro atoms. The standard InChI is InChI=1S/C33H34N4O2S2/c1-2-18-40-30-15-9-8-12-26(30)29(38)14-5-3-4-13-27(37-33(39)31-21-34-22-41-31)32-35-20-28(36-32)25-17-16-23-10-6-7-11-24(23)19-25/h6-12,15-17,19-22,27H,2-5,13-14,18H2,1H3,(H,35,36)(H,37,39)/t27-/m0/s1. The first kappa shape index (κ1) is 28.8. The monoisotopic (exact) mass is 582 g/mol. The molecule has 1 amide bonds. The fourth-order valence-electron chi connectivity index (χ4n) is 4.83. The van der Waals surface area contributed by atoms with Crippen LogP contribution in [0.25, 0.3) is 22.0 Å². The highest BCUT2D eigenvalue weighted by Gasteiger charge is 2.20. The summed E-state index contributed by atoms with van der Waals surface area (Å²) in [5.74, 6) is 1.78. The number of ketones is 1. The van der Waals surface area contributed by atoms with Gasteiger partial charge in [-0.2, -0.15) is 0 Å². The summed E-state index contributed by atoms with van der Waals surface area (Å²) in [4.78, 5) is 39.7. The predicted octanol–water partition coefficient (Wildman–Crippen LogP) is 8.49. The average molecular weight is 583 g/mol. The van der Waals surface area contributed by atoms with Gasteiger partial charge in [0.1, 0.15) is 10.7 Å². The maximum absolute atomic E-state index is 13.0. The summed E-state index contributed by atoms with van der Waals surface area (Å²) in [6.45, 7) is 2.15. The van der Waals surface area contributed by atoms with Crippen molar-refractivity contribution in [1.82, 2.24) is 20.3 Å². The number of carbonyl (C=O) groups excluding carboxylic acids is 2. The van der Waals surface area contributed by atoms with E-state index >= 15 is 0 Å². The van der Waals surface area contributed by atoms with Crippen LogP contribution in [0.1, 0.15) is 77.3 Å². The molecule has 41 heavy (non-hydrogen) atoms. The van der Waals surface area contributed by atoms with Gasteiger partial charge in [0.05, 0.1) is 29.6 Å². The van der Waals surface area contributed by atoms with E-state index in [1.807, 2.05) is 42.6 Å². The van der Waals surface area contributed by atoms with E-state index in [1.165, 1.54) is 16.7 Å². The van der Waals surface area contributed by atoms with E-state index in [0.29, 0.717) is 17.7 Å². The number of amides is 1. The number of benzene rings is 3. The molecule has 1 atom stereocenters. The number of thioether (sulfide) groups is 1. The van der Waals surface area contributed by atoms with Crippen LogP contribution in [0.15, 0.2) is 89.5 Å². The smallest absolute Gasteiger partial charge is 0.263 e. The third-order valence-corrected chi connectivity index (χ3v) is 9.04. The summed E-state index contributed by atoms with van der Waals surface area (Å²) >= 11 is 3.07. The molecule has 0 aliphatic carbocycles. The number of aromatic nitrogens is 3. The van der Waals surface area contributed by atoms with Gasteiger partial charge < -0.3 is 10.3 Å². The van der Waals surface area contributed by atoms with Crippen LogP contribution < -0.4 is 5.32 Å². The molecular weight excluding hydrogens is 549 g/mol. The Hall–Kier alpha value is -3.75. The molecule has 8 heteroatoms. The van der Waals surface area contributed by atoms with Gasteiger partial charge in [-0.25, -0.2) is 4.98 Å². The van der Waals surface area contributed by atoms with E-state index in [1.54, 1.807) is 23.5 Å². The summed E-state index contributed by atoms with van der Waals surface area (Å²) in [5.41, 5.74) is 4.45. The minimum Gasteiger partial charge on any atom is -0.341 e. The zero-order chi connectivity index (χ0) is 28.4. The summed E-state index contributed by atoms with van der Waals surface area (Å²) in [6.07, 6.45) is 8.29. The lowest BCUT2D eigenvalue weighted by Crippen LogP contribution is -2.28. The third-order valence-electron chi connectivity index (χ3n) is 6.99. The molecule has 0 radical (unpaired) electrons. The van der Waals surface area contributed by atoms with E-state index in [9.17, 15) is 9.59 Å². The molecule has 0 fully saturated rings. The van der Waals surface area contributed by atoms with Crippen molar-refractivity contribution in [2.24, 2.45) is 0 Å². The topological polar surface area (TPSA) is 87.7 Å². The molecule has 5 rings (SSSR count). The molecule has 0 saturated carbocycles. The number of hydrogen-bond acceptors (Lipinski definition) is 6. The van der Waals surface area contributed by atoms with Crippen molar-refractivity contribution in [3.8, 4) is 11.3 Å². The second kappa shape index (κ2) is 14.2. The first-order valence-corrected chi connectivity index (χ1v) is 16.0. The Kier molecular flexibility index (Phi) is 9.99. The van der Waals surface area contributed by atoms with Gasteiger partial charge in [0, 0.05) is 22.4 Å². The predicted molar refractivity (Wildman–Crippen MR) is 169 cm³/mol. The molecule has 2 aromatic heterocycles. The summed E-state index contributed by atoms with van der Waals surface area (Å²) in [7, 11) is 0. The number of nitrogens with one attached hydrogen (secondary N) is 2. The number of nitrogens with zero attached hydrogens (tertiary/aromatic N) is 2. The lowest BCUT2D eigenvalue weighted by atomic mass is 10.0. The molecule has 0 bridgehead atoms. The van der Waals surface area contributed by atoms with Crippen LogP contribution in [0.5, 0.6) is 0 Å². The van der Waals surface area contributed by atoms with Crippen LogP contribution in [-0.4, -0.2) is 32.4 Å². The zero-order valence-electron chi connectivity index (χ0n) is 23.1. The lowest BCUT2D eigenvalue weighted by molar-refractivity contribution is 0.0935. The van der Waals surface area contributed by atoms with Crippen LogP contribution in [0, 0.1) is 0 Å². The number of hydrogen-bond donors (Lipinski definition) is 2. The zero-order valence-corrected chi connectivity index (χ0v) is 24.8. The second-order valence-corrected chi connectivity index (χ2v) is 12.0. The summed E-state index contributed by atoms with van der Waals surface area (Å²) < 4.78 is 0. The maximum Gasteiger partial charge on any atom is 0.263 e. The average Bonchev–Trinajstić information content (AvgIpc) is 3.72. The van der Waals surface area contributed by atoms with E-state index in [-0.39, 0.29) is 17.7 Å². The number of aromatic amines is 1. The van der Waals surface area contributed by atoms with Crippen molar-refractivity contribution < 1.29 is 9.59 Å². The van der Waals surface area contributed by atoms with Crippen molar-refractivity contribution in [3.63, 3.8) is 0 Å². The van der Waals surface area contributed by atoms with E-state index in [2.05, 4.69) is 57.5 Å². The quantitative estimate of drug-likeness (QED) is 0.0779. The normalized spacial score (nSPS) is 11.9. The molecular formula is C33H34N4O2S2. The van der Waals surface area contributed by atoms with Gasteiger partial charge >= 0.3 is 0 Å². The molecule has 5 aromatic rings. The number of H-pyrrole nitrogens is 1. The molecule has 0 aliphatic heterocycles. The molecule has 2 heterocycles. The highest BCUT2D eigenvalue weighted by atomic mass is 32.2. The van der Waals surface area contributed by atoms with Gasteiger partial charge in [-0.3, -0.25) is 14.6 Å². The van der Waals surface area contributed by atoms with E-state index in [4.69, 9.17) is 0 Å². The van der Waals surface area contributed by atoms with Crippen LogP contribution in [0.2, 0.25) is 0 Å². The molecule has 3 aromatic carbocycles. The first-order valence-electron chi connectivity index (χ1n) is 14.1. The number of fused-ring (bicyclic) bond motifs is 1. The van der Waals surface area contributed by atoms with Gasteiger partial charge in [0.15, 0.2) is 5.78 Å². The molecule has 6 nitrogen and oxygen atoms in total. The van der Waals surface area contributed by atoms with Crippen molar-refractivity contribution in [3.05, 3.63) is 101 Å². The van der Waals surface area contributed by atoms with E-state index in [0.717, 1.165) is 64.4 Å². The van der Waals surface area contributed by atoms with Crippen molar-refractivity contribution in [1.29, 1.82) is 0 Å². The summed E-state index contributed by atoms with van der Waals surface area (Å²) in [6, 6.07) is 22.2. The van der Waals surface area contributed by atoms with Crippen LogP contribution >= 0.6 is 23.1 Å². The Balaban J connectivity index is 1.22. The Labute approximate surface area is 249 Å². The lowest BCUT2D eigenvalue weighted by Gasteiger charge is -2.16. The number of unbranched alkanes of at least 4 members (excludes halogenated alkanes) is 2. The Morgan fingerprint density at radius 2 is 1.80 bits per heavy atom. The van der Waals surface area contributed by atoms with Crippen molar-refractivity contribution in [2.45, 2.75) is 56.4 Å². The van der Waals surface area contributed by atoms with Gasteiger partial charge in [-0.15, -0.1) is 23.1 Å².